The van der Waals surface area contributed by atoms with E-state index >= 15 is 0 Å². The average Bonchev–Trinajstić information content (AvgIpc) is 2.87. The van der Waals surface area contributed by atoms with E-state index in [-0.39, 0.29) is 17.2 Å². The van der Waals surface area contributed by atoms with Crippen LogP contribution in [0, 0.1) is 5.82 Å². The van der Waals surface area contributed by atoms with Gasteiger partial charge in [0.25, 0.3) is 0 Å². The third-order valence-corrected chi connectivity index (χ3v) is 3.73. The van der Waals surface area contributed by atoms with E-state index in [2.05, 4.69) is 4.72 Å². The van der Waals surface area contributed by atoms with E-state index < -0.39 is 15.8 Å². The molecule has 0 saturated carbocycles. The predicted octanol–water partition coefficient (Wildman–Crippen LogP) is 2.92. The molecule has 3 rings (SSSR count). The Morgan fingerprint density at radius 3 is 2.73 bits per heavy atom. The van der Waals surface area contributed by atoms with Crippen LogP contribution in [0.25, 0.3) is 0 Å². The zero-order valence-electron chi connectivity index (χ0n) is 11.8. The van der Waals surface area contributed by atoms with Crippen LogP contribution in [0.3, 0.4) is 0 Å². The van der Waals surface area contributed by atoms with E-state index in [4.69, 9.17) is 9.47 Å². The Morgan fingerprint density at radius 2 is 2.00 bits per heavy atom. The van der Waals surface area contributed by atoms with Gasteiger partial charge in [-0.2, -0.15) is 0 Å². The SMILES string of the molecule is CS(=O)(=O)Nc1cc2c(cc1Oc1ccccc1F)CCO2. The molecule has 0 atom stereocenters. The van der Waals surface area contributed by atoms with Crippen LogP contribution in [0.15, 0.2) is 36.4 Å². The third-order valence-electron chi connectivity index (χ3n) is 3.14. The molecule has 2 aromatic rings. The van der Waals surface area contributed by atoms with Gasteiger partial charge in [-0.15, -0.1) is 0 Å². The van der Waals surface area contributed by atoms with E-state index in [0.29, 0.717) is 18.8 Å². The van der Waals surface area contributed by atoms with Gasteiger partial charge in [0.15, 0.2) is 17.3 Å². The fraction of sp³-hybridized carbons (Fsp3) is 0.200. The first-order valence-corrected chi connectivity index (χ1v) is 8.51. The van der Waals surface area contributed by atoms with Gasteiger partial charge in [0, 0.05) is 18.1 Å². The standard InChI is InChI=1S/C15H14FNO4S/c1-22(18,19)17-12-9-14-10(6-7-20-14)8-15(12)21-13-5-3-2-4-11(13)16/h2-5,8-9,17H,6-7H2,1H3. The van der Waals surface area contributed by atoms with Crippen LogP contribution in [0.5, 0.6) is 17.2 Å². The van der Waals surface area contributed by atoms with Gasteiger partial charge in [0.2, 0.25) is 10.0 Å². The van der Waals surface area contributed by atoms with Crippen LogP contribution >= 0.6 is 0 Å². The van der Waals surface area contributed by atoms with E-state index in [1.165, 1.54) is 12.1 Å². The Kier molecular flexibility index (Phi) is 3.66. The third kappa shape index (κ3) is 3.14. The minimum Gasteiger partial charge on any atom is -0.493 e. The van der Waals surface area contributed by atoms with Crippen molar-refractivity contribution in [1.29, 1.82) is 0 Å². The van der Waals surface area contributed by atoms with E-state index in [1.807, 2.05) is 0 Å². The maximum Gasteiger partial charge on any atom is 0.229 e. The molecule has 0 fully saturated rings. The van der Waals surface area contributed by atoms with Crippen LogP contribution < -0.4 is 14.2 Å². The van der Waals surface area contributed by atoms with Crippen LogP contribution in [0.1, 0.15) is 5.56 Å². The largest absolute Gasteiger partial charge is 0.493 e. The lowest BCUT2D eigenvalue weighted by atomic mass is 10.1. The molecule has 1 heterocycles. The quantitative estimate of drug-likeness (QED) is 0.939. The molecular formula is C15H14FNO4S. The number of sulfonamides is 1. The maximum atomic E-state index is 13.7. The van der Waals surface area contributed by atoms with Crippen LogP contribution in [0.4, 0.5) is 10.1 Å². The summed E-state index contributed by atoms with van der Waals surface area (Å²) in [4.78, 5) is 0. The van der Waals surface area contributed by atoms with Crippen molar-refractivity contribution in [3.8, 4) is 17.2 Å². The minimum absolute atomic E-state index is 0.0258. The second-order valence-corrected chi connectivity index (χ2v) is 6.71. The molecule has 0 bridgehead atoms. The van der Waals surface area contributed by atoms with Gasteiger partial charge in [-0.3, -0.25) is 4.72 Å². The molecule has 0 amide bonds. The molecule has 0 unspecified atom stereocenters. The van der Waals surface area contributed by atoms with Crippen molar-refractivity contribution in [1.82, 2.24) is 0 Å². The van der Waals surface area contributed by atoms with Crippen LogP contribution in [-0.4, -0.2) is 21.3 Å². The molecule has 0 saturated heterocycles. The summed E-state index contributed by atoms with van der Waals surface area (Å²) >= 11 is 0. The summed E-state index contributed by atoms with van der Waals surface area (Å²) in [6.45, 7) is 0.525. The zero-order chi connectivity index (χ0) is 15.7. The van der Waals surface area contributed by atoms with Crippen molar-refractivity contribution < 1.29 is 22.3 Å². The van der Waals surface area contributed by atoms with Crippen LogP contribution in [0.2, 0.25) is 0 Å². The number of para-hydroxylation sites is 1. The highest BCUT2D eigenvalue weighted by Crippen LogP contribution is 2.39. The lowest BCUT2D eigenvalue weighted by molar-refractivity contribution is 0.357. The van der Waals surface area contributed by atoms with Gasteiger partial charge in [-0.05, 0) is 18.2 Å². The monoisotopic (exact) mass is 323 g/mol. The summed E-state index contributed by atoms with van der Waals surface area (Å²) in [7, 11) is -3.50. The summed E-state index contributed by atoms with van der Waals surface area (Å²) in [6.07, 6.45) is 1.73. The number of fused-ring (bicyclic) bond motifs is 1. The molecule has 0 radical (unpaired) electrons. The Bertz CT molecular complexity index is 820. The summed E-state index contributed by atoms with van der Waals surface area (Å²) in [5.74, 6) is 0.342. The fourth-order valence-electron chi connectivity index (χ4n) is 2.21. The molecule has 0 spiro atoms. The highest BCUT2D eigenvalue weighted by molar-refractivity contribution is 7.92. The number of benzene rings is 2. The first kappa shape index (κ1) is 14.6. The molecule has 116 valence electrons. The smallest absolute Gasteiger partial charge is 0.229 e. The Balaban J connectivity index is 2.03. The van der Waals surface area contributed by atoms with Crippen molar-refractivity contribution in [3.63, 3.8) is 0 Å². The fourth-order valence-corrected chi connectivity index (χ4v) is 2.77. The van der Waals surface area contributed by atoms with Crippen molar-refractivity contribution in [2.75, 3.05) is 17.6 Å². The molecule has 0 aliphatic carbocycles. The Hall–Kier alpha value is -2.28. The molecule has 0 aromatic heterocycles. The van der Waals surface area contributed by atoms with Crippen molar-refractivity contribution in [2.45, 2.75) is 6.42 Å². The van der Waals surface area contributed by atoms with E-state index in [0.717, 1.165) is 11.8 Å². The Morgan fingerprint density at radius 1 is 1.23 bits per heavy atom. The number of hydrogen-bond acceptors (Lipinski definition) is 4. The molecule has 22 heavy (non-hydrogen) atoms. The average molecular weight is 323 g/mol. The number of halogens is 1. The molecule has 1 N–H and O–H groups in total. The molecular weight excluding hydrogens is 309 g/mol. The van der Waals surface area contributed by atoms with E-state index in [9.17, 15) is 12.8 Å². The molecule has 5 nitrogen and oxygen atoms in total. The Labute approximate surface area is 127 Å². The highest BCUT2D eigenvalue weighted by atomic mass is 32.2. The van der Waals surface area contributed by atoms with Crippen molar-refractivity contribution in [3.05, 3.63) is 47.8 Å². The summed E-state index contributed by atoms with van der Waals surface area (Å²) in [6, 6.07) is 9.16. The first-order chi connectivity index (χ1) is 10.4. The number of ether oxygens (including phenoxy) is 2. The van der Waals surface area contributed by atoms with Crippen LogP contribution in [-0.2, 0) is 16.4 Å². The normalized spacial score (nSPS) is 13.4. The van der Waals surface area contributed by atoms with Crippen molar-refractivity contribution in [2.24, 2.45) is 0 Å². The number of nitrogens with one attached hydrogen (secondary N) is 1. The predicted molar refractivity (Wildman–Crippen MR) is 80.6 cm³/mol. The first-order valence-electron chi connectivity index (χ1n) is 6.62. The molecule has 2 aromatic carbocycles. The number of rotatable bonds is 4. The van der Waals surface area contributed by atoms with Gasteiger partial charge < -0.3 is 9.47 Å². The van der Waals surface area contributed by atoms with Gasteiger partial charge in [-0.25, -0.2) is 12.8 Å². The van der Waals surface area contributed by atoms with Gasteiger partial charge in [-0.1, -0.05) is 12.1 Å². The van der Waals surface area contributed by atoms with Crippen molar-refractivity contribution >= 4 is 15.7 Å². The topological polar surface area (TPSA) is 64.6 Å². The molecule has 1 aliphatic heterocycles. The maximum absolute atomic E-state index is 13.7. The van der Waals surface area contributed by atoms with Gasteiger partial charge in [0.05, 0.1) is 18.6 Å². The van der Waals surface area contributed by atoms with Gasteiger partial charge >= 0.3 is 0 Å². The summed E-state index contributed by atoms with van der Waals surface area (Å²) in [5, 5.41) is 0. The highest BCUT2D eigenvalue weighted by Gasteiger charge is 2.19. The number of anilines is 1. The second kappa shape index (κ2) is 5.49. The van der Waals surface area contributed by atoms with Gasteiger partial charge in [0.1, 0.15) is 5.75 Å². The number of hydrogen-bond donors (Lipinski definition) is 1. The van der Waals surface area contributed by atoms with E-state index in [1.54, 1.807) is 24.3 Å². The molecule has 7 heteroatoms. The minimum atomic E-state index is -3.50. The lowest BCUT2D eigenvalue weighted by Crippen LogP contribution is -2.10. The molecule has 1 aliphatic rings. The summed E-state index contributed by atoms with van der Waals surface area (Å²) < 4.78 is 50.0. The zero-order valence-corrected chi connectivity index (χ0v) is 12.6. The lowest BCUT2D eigenvalue weighted by Gasteiger charge is -2.14. The summed E-state index contributed by atoms with van der Waals surface area (Å²) in [5.41, 5.74) is 1.11. The second-order valence-electron chi connectivity index (χ2n) is 4.96.